The van der Waals surface area contributed by atoms with Crippen molar-refractivity contribution in [2.75, 3.05) is 13.2 Å². The van der Waals surface area contributed by atoms with Gasteiger partial charge in [0.15, 0.2) is 0 Å². The van der Waals surface area contributed by atoms with Crippen molar-refractivity contribution in [3.63, 3.8) is 0 Å². The monoisotopic (exact) mass is 244 g/mol. The molecule has 0 spiro atoms. The third kappa shape index (κ3) is 2.83. The van der Waals surface area contributed by atoms with Crippen LogP contribution in [0.1, 0.15) is 43.4 Å². The molecular formula is C15H20N2O. The van der Waals surface area contributed by atoms with Crippen molar-refractivity contribution < 1.29 is 4.74 Å². The zero-order valence-corrected chi connectivity index (χ0v) is 10.9. The minimum absolute atomic E-state index is 0.479. The highest BCUT2D eigenvalue weighted by Gasteiger charge is 2.24. The Bertz CT molecular complexity index is 437. The number of nitrogens with zero attached hydrogens (tertiary/aromatic N) is 1. The lowest BCUT2D eigenvalue weighted by molar-refractivity contribution is 0.310. The second-order valence-electron chi connectivity index (χ2n) is 4.58. The zero-order valence-electron chi connectivity index (χ0n) is 10.9. The molecule has 1 unspecified atom stereocenters. The van der Waals surface area contributed by atoms with Gasteiger partial charge in [-0.05, 0) is 43.0 Å². The van der Waals surface area contributed by atoms with Gasteiger partial charge in [-0.1, -0.05) is 19.1 Å². The van der Waals surface area contributed by atoms with Crippen LogP contribution in [0, 0.1) is 11.3 Å². The molecule has 1 aliphatic carbocycles. The molecular weight excluding hydrogens is 224 g/mol. The van der Waals surface area contributed by atoms with Gasteiger partial charge in [0.1, 0.15) is 5.75 Å². The Labute approximate surface area is 109 Å². The van der Waals surface area contributed by atoms with Crippen LogP contribution < -0.4 is 10.1 Å². The van der Waals surface area contributed by atoms with E-state index in [2.05, 4.69) is 30.4 Å². The Morgan fingerprint density at radius 3 is 3.17 bits per heavy atom. The number of nitriles is 1. The van der Waals surface area contributed by atoms with Gasteiger partial charge in [0.25, 0.3) is 0 Å². The van der Waals surface area contributed by atoms with Crippen molar-refractivity contribution in [2.24, 2.45) is 0 Å². The predicted molar refractivity (Wildman–Crippen MR) is 71.5 cm³/mol. The molecule has 2 rings (SSSR count). The number of benzene rings is 1. The second kappa shape index (κ2) is 6.42. The van der Waals surface area contributed by atoms with Crippen LogP contribution in [-0.2, 0) is 6.42 Å². The van der Waals surface area contributed by atoms with Crippen molar-refractivity contribution in [1.29, 1.82) is 5.26 Å². The van der Waals surface area contributed by atoms with Crippen LogP contribution in [0.2, 0.25) is 0 Å². The average molecular weight is 244 g/mol. The van der Waals surface area contributed by atoms with Gasteiger partial charge in [-0.25, -0.2) is 0 Å². The summed E-state index contributed by atoms with van der Waals surface area (Å²) in [6.45, 7) is 3.77. The number of ether oxygens (including phenoxy) is 1. The summed E-state index contributed by atoms with van der Waals surface area (Å²) in [7, 11) is 0. The summed E-state index contributed by atoms with van der Waals surface area (Å²) in [6.07, 6.45) is 3.61. The third-order valence-corrected chi connectivity index (χ3v) is 3.37. The van der Waals surface area contributed by atoms with Gasteiger partial charge in [-0.15, -0.1) is 0 Å². The number of unbranched alkanes of at least 4 members (excludes halogenated alkanes) is 1. The fraction of sp³-hybridized carbons (Fsp3) is 0.533. The Balaban J connectivity index is 2.03. The van der Waals surface area contributed by atoms with Gasteiger partial charge >= 0.3 is 0 Å². The molecule has 0 radical (unpaired) electrons. The molecule has 96 valence electrons. The zero-order chi connectivity index (χ0) is 12.8. The van der Waals surface area contributed by atoms with Gasteiger partial charge in [-0.3, -0.25) is 0 Å². The summed E-state index contributed by atoms with van der Waals surface area (Å²) in [5.74, 6) is 1.01. The summed E-state index contributed by atoms with van der Waals surface area (Å²) >= 11 is 0. The molecule has 1 aromatic carbocycles. The number of nitrogens with one attached hydrogen (secondary N) is 1. The quantitative estimate of drug-likeness (QED) is 0.782. The van der Waals surface area contributed by atoms with Crippen molar-refractivity contribution in [3.8, 4) is 11.8 Å². The minimum Gasteiger partial charge on any atom is -0.493 e. The Kier molecular flexibility index (Phi) is 4.60. The van der Waals surface area contributed by atoms with E-state index in [0.717, 1.165) is 31.6 Å². The van der Waals surface area contributed by atoms with E-state index in [9.17, 15) is 0 Å². The summed E-state index contributed by atoms with van der Waals surface area (Å²) < 4.78 is 5.80. The van der Waals surface area contributed by atoms with Gasteiger partial charge < -0.3 is 10.1 Å². The normalized spacial score (nSPS) is 17.2. The van der Waals surface area contributed by atoms with Crippen LogP contribution in [0.25, 0.3) is 0 Å². The van der Waals surface area contributed by atoms with Crippen LogP contribution in [0.3, 0.4) is 0 Å². The minimum atomic E-state index is 0.479. The average Bonchev–Trinajstić information content (AvgIpc) is 2.79. The predicted octanol–water partition coefficient (Wildman–Crippen LogP) is 2.97. The van der Waals surface area contributed by atoms with E-state index in [1.165, 1.54) is 11.1 Å². The van der Waals surface area contributed by atoms with Crippen LogP contribution in [0.5, 0.6) is 5.75 Å². The Morgan fingerprint density at radius 1 is 1.50 bits per heavy atom. The summed E-state index contributed by atoms with van der Waals surface area (Å²) in [4.78, 5) is 0. The fourth-order valence-electron chi connectivity index (χ4n) is 2.55. The largest absolute Gasteiger partial charge is 0.493 e. The lowest BCUT2D eigenvalue weighted by Gasteiger charge is -2.14. The summed E-state index contributed by atoms with van der Waals surface area (Å²) in [6, 6.07) is 8.92. The van der Waals surface area contributed by atoms with E-state index in [1.54, 1.807) is 0 Å². The molecule has 0 heterocycles. The molecule has 3 heteroatoms. The van der Waals surface area contributed by atoms with Crippen LogP contribution in [0.4, 0.5) is 0 Å². The van der Waals surface area contributed by atoms with Gasteiger partial charge in [-0.2, -0.15) is 5.26 Å². The lowest BCUT2D eigenvalue weighted by atomic mass is 10.1. The molecule has 1 N–H and O–H groups in total. The molecule has 18 heavy (non-hydrogen) atoms. The summed E-state index contributed by atoms with van der Waals surface area (Å²) in [5.41, 5.74) is 2.73. The third-order valence-electron chi connectivity index (χ3n) is 3.37. The molecule has 0 bridgehead atoms. The van der Waals surface area contributed by atoms with Crippen molar-refractivity contribution in [2.45, 2.75) is 38.6 Å². The number of rotatable bonds is 6. The van der Waals surface area contributed by atoms with Crippen LogP contribution >= 0.6 is 0 Å². The van der Waals surface area contributed by atoms with E-state index in [4.69, 9.17) is 10.00 Å². The molecule has 0 fully saturated rings. The lowest BCUT2D eigenvalue weighted by Crippen LogP contribution is -2.18. The maximum absolute atomic E-state index is 8.50. The molecule has 0 aliphatic heterocycles. The van der Waals surface area contributed by atoms with Crippen LogP contribution in [-0.4, -0.2) is 13.2 Å². The van der Waals surface area contributed by atoms with E-state index in [0.29, 0.717) is 19.1 Å². The van der Waals surface area contributed by atoms with E-state index in [1.807, 2.05) is 6.07 Å². The van der Waals surface area contributed by atoms with Gasteiger partial charge in [0.05, 0.1) is 12.7 Å². The van der Waals surface area contributed by atoms with Gasteiger partial charge in [0.2, 0.25) is 0 Å². The van der Waals surface area contributed by atoms with E-state index >= 15 is 0 Å². The molecule has 1 aromatic rings. The Hall–Kier alpha value is -1.53. The highest BCUT2D eigenvalue weighted by atomic mass is 16.5. The highest BCUT2D eigenvalue weighted by molar-refractivity contribution is 5.45. The van der Waals surface area contributed by atoms with Gasteiger partial charge in [0, 0.05) is 12.5 Å². The molecule has 1 atom stereocenters. The van der Waals surface area contributed by atoms with Crippen molar-refractivity contribution in [1.82, 2.24) is 5.32 Å². The fourth-order valence-corrected chi connectivity index (χ4v) is 2.55. The smallest absolute Gasteiger partial charge is 0.122 e. The standard InChI is InChI=1S/C15H20N2O/c1-2-17-14-9-8-13-12(14)6-5-7-15(13)18-11-4-3-10-16/h5-7,14,17H,2-4,8-9,11H2,1H3. The Morgan fingerprint density at radius 2 is 2.39 bits per heavy atom. The van der Waals surface area contributed by atoms with E-state index in [-0.39, 0.29) is 0 Å². The summed E-state index contributed by atoms with van der Waals surface area (Å²) in [5, 5.41) is 12.0. The maximum Gasteiger partial charge on any atom is 0.122 e. The first kappa shape index (κ1) is 12.9. The SMILES string of the molecule is CCNC1CCc2c(OCCCC#N)cccc21. The molecule has 0 aromatic heterocycles. The molecule has 0 saturated carbocycles. The van der Waals surface area contributed by atoms with Crippen LogP contribution in [0.15, 0.2) is 18.2 Å². The number of hydrogen-bond donors (Lipinski definition) is 1. The first-order valence-corrected chi connectivity index (χ1v) is 6.71. The highest BCUT2D eigenvalue weighted by Crippen LogP contribution is 2.36. The number of fused-ring (bicyclic) bond motifs is 1. The maximum atomic E-state index is 8.50. The van der Waals surface area contributed by atoms with Crippen molar-refractivity contribution >= 4 is 0 Å². The first-order valence-electron chi connectivity index (χ1n) is 6.71. The topological polar surface area (TPSA) is 45.0 Å². The molecule has 0 amide bonds. The second-order valence-corrected chi connectivity index (χ2v) is 4.58. The molecule has 1 aliphatic rings. The van der Waals surface area contributed by atoms with Crippen molar-refractivity contribution in [3.05, 3.63) is 29.3 Å². The molecule has 3 nitrogen and oxygen atoms in total. The number of hydrogen-bond acceptors (Lipinski definition) is 3. The van der Waals surface area contributed by atoms with E-state index < -0.39 is 0 Å². The first-order chi connectivity index (χ1) is 8.86. The molecule has 0 saturated heterocycles.